The summed E-state index contributed by atoms with van der Waals surface area (Å²) < 4.78 is 5.04. The van der Waals surface area contributed by atoms with Crippen molar-refractivity contribution in [2.45, 2.75) is 38.0 Å². The molecule has 1 saturated carbocycles. The Hall–Kier alpha value is -6.94. The van der Waals surface area contributed by atoms with E-state index in [9.17, 15) is 0 Å². The monoisotopic (exact) mass is 800 g/mol. The molecule has 0 atom stereocenters. The van der Waals surface area contributed by atoms with Crippen molar-refractivity contribution in [1.82, 2.24) is 4.57 Å². The van der Waals surface area contributed by atoms with Crippen LogP contribution in [0, 0.1) is 0 Å². The molecule has 292 valence electrons. The summed E-state index contributed by atoms with van der Waals surface area (Å²) in [6, 6.07) is 74.5. The minimum absolute atomic E-state index is 0.578. The first-order chi connectivity index (χ1) is 30.3. The molecule has 9 aromatic carbocycles. The number of benzene rings is 9. The van der Waals surface area contributed by atoms with Crippen molar-refractivity contribution in [3.8, 4) is 27.9 Å². The number of aromatic nitrogens is 1. The second-order valence-electron chi connectivity index (χ2n) is 16.6. The first kappa shape index (κ1) is 36.0. The quantitative estimate of drug-likeness (QED) is 0.156. The maximum atomic E-state index is 2.55. The van der Waals surface area contributed by atoms with E-state index in [0.29, 0.717) is 5.92 Å². The van der Waals surface area contributed by atoms with Gasteiger partial charge in [0.25, 0.3) is 0 Å². The minimum Gasteiger partial charge on any atom is -0.309 e. The standard InChI is InChI=1S/C58H44N2S/c1-3-18-39(19-4-1)43-28-15-20-40-21-16-29-48(57(40)43)44-24-7-11-32-52(44)60(42-36-37-55-51(38-42)46-26-9-13-34-54(46)59(55)41-22-5-2-6-23-41)53-33-12-8-25-45(53)49-30-17-31-50-47-27-10-14-35-56(47)61-58(49)50/h2,5-17,20-39H,1,3-4,18-19H2. The zero-order valence-electron chi connectivity index (χ0n) is 34.0. The van der Waals surface area contributed by atoms with E-state index < -0.39 is 0 Å². The Kier molecular flexibility index (Phi) is 8.82. The van der Waals surface area contributed by atoms with Crippen LogP contribution in [0.15, 0.2) is 200 Å². The average Bonchev–Trinajstić information content (AvgIpc) is 3.88. The lowest BCUT2D eigenvalue weighted by molar-refractivity contribution is 0.445. The van der Waals surface area contributed by atoms with Crippen LogP contribution in [-0.2, 0) is 0 Å². The zero-order chi connectivity index (χ0) is 40.3. The predicted molar refractivity (Wildman–Crippen MR) is 263 cm³/mol. The van der Waals surface area contributed by atoms with Crippen LogP contribution < -0.4 is 4.90 Å². The van der Waals surface area contributed by atoms with Crippen LogP contribution in [-0.4, -0.2) is 4.57 Å². The Morgan fingerprint density at radius 2 is 1.05 bits per heavy atom. The third-order valence-electron chi connectivity index (χ3n) is 13.2. The van der Waals surface area contributed by atoms with Crippen LogP contribution in [0.1, 0.15) is 43.6 Å². The molecule has 0 bridgehead atoms. The highest BCUT2D eigenvalue weighted by atomic mass is 32.1. The molecule has 3 heteroatoms. The molecule has 1 aliphatic rings. The molecule has 2 aromatic heterocycles. The second kappa shape index (κ2) is 15.0. The fourth-order valence-corrected chi connectivity index (χ4v) is 11.7. The molecule has 0 radical (unpaired) electrons. The third kappa shape index (κ3) is 5.98. The lowest BCUT2D eigenvalue weighted by Gasteiger charge is -2.31. The number of hydrogen-bond acceptors (Lipinski definition) is 2. The predicted octanol–water partition coefficient (Wildman–Crippen LogP) is 17.2. The normalized spacial score (nSPS) is 13.5. The number of nitrogens with zero attached hydrogens (tertiary/aromatic N) is 2. The summed E-state index contributed by atoms with van der Waals surface area (Å²) in [5.41, 5.74) is 13.5. The summed E-state index contributed by atoms with van der Waals surface area (Å²) in [4.78, 5) is 2.55. The molecule has 0 amide bonds. The molecule has 2 nitrogen and oxygen atoms in total. The van der Waals surface area contributed by atoms with Gasteiger partial charge in [-0.3, -0.25) is 0 Å². The van der Waals surface area contributed by atoms with E-state index >= 15 is 0 Å². The van der Waals surface area contributed by atoms with Gasteiger partial charge in [-0.05, 0) is 95.3 Å². The molecule has 1 fully saturated rings. The lowest BCUT2D eigenvalue weighted by atomic mass is 9.80. The van der Waals surface area contributed by atoms with Gasteiger partial charge in [0, 0.05) is 59.0 Å². The molecule has 1 aliphatic carbocycles. The highest BCUT2D eigenvalue weighted by Crippen LogP contribution is 2.50. The number of rotatable bonds is 7. The fourth-order valence-electron chi connectivity index (χ4n) is 10.5. The SMILES string of the molecule is c1ccc(-n2c3ccccc3c3cc(N(c4ccccc4-c4cccc5c4sc4ccccc45)c4ccccc4-c4cccc5cccc(C6CCCCC6)c45)ccc32)cc1. The molecule has 61 heavy (non-hydrogen) atoms. The molecular weight excluding hydrogens is 757 g/mol. The van der Waals surface area contributed by atoms with Gasteiger partial charge in [-0.15, -0.1) is 11.3 Å². The Morgan fingerprint density at radius 3 is 1.87 bits per heavy atom. The van der Waals surface area contributed by atoms with Gasteiger partial charge in [0.1, 0.15) is 0 Å². The van der Waals surface area contributed by atoms with Crippen molar-refractivity contribution in [3.63, 3.8) is 0 Å². The Morgan fingerprint density at radius 1 is 0.443 bits per heavy atom. The van der Waals surface area contributed by atoms with E-state index in [1.165, 1.54) is 113 Å². The summed E-state index contributed by atoms with van der Waals surface area (Å²) in [5, 5.41) is 7.80. The summed E-state index contributed by atoms with van der Waals surface area (Å²) in [6.07, 6.45) is 6.47. The van der Waals surface area contributed by atoms with Gasteiger partial charge in [-0.2, -0.15) is 0 Å². The molecule has 0 N–H and O–H groups in total. The molecule has 0 saturated heterocycles. The summed E-state index contributed by atoms with van der Waals surface area (Å²) >= 11 is 1.89. The molecule has 0 unspecified atom stereocenters. The van der Waals surface area contributed by atoms with E-state index in [-0.39, 0.29) is 0 Å². The van der Waals surface area contributed by atoms with Crippen molar-refractivity contribution in [3.05, 3.63) is 206 Å². The first-order valence-corrected chi connectivity index (χ1v) is 22.6. The maximum Gasteiger partial charge on any atom is 0.0542 e. The molecule has 2 heterocycles. The summed E-state index contributed by atoms with van der Waals surface area (Å²) in [6.45, 7) is 0. The Balaban J connectivity index is 1.14. The van der Waals surface area contributed by atoms with E-state index in [1.807, 2.05) is 11.3 Å². The minimum atomic E-state index is 0.578. The van der Waals surface area contributed by atoms with E-state index in [4.69, 9.17) is 0 Å². The topological polar surface area (TPSA) is 8.17 Å². The molecular formula is C58H44N2S. The summed E-state index contributed by atoms with van der Waals surface area (Å²) in [7, 11) is 0. The van der Waals surface area contributed by atoms with Gasteiger partial charge >= 0.3 is 0 Å². The van der Waals surface area contributed by atoms with E-state index in [1.54, 1.807) is 0 Å². The number of fused-ring (bicyclic) bond motifs is 7. The van der Waals surface area contributed by atoms with Gasteiger partial charge in [0.15, 0.2) is 0 Å². The lowest BCUT2D eigenvalue weighted by Crippen LogP contribution is -2.13. The highest BCUT2D eigenvalue weighted by molar-refractivity contribution is 7.26. The van der Waals surface area contributed by atoms with Crippen molar-refractivity contribution >= 4 is 81.1 Å². The van der Waals surface area contributed by atoms with Crippen molar-refractivity contribution in [2.24, 2.45) is 0 Å². The number of hydrogen-bond donors (Lipinski definition) is 0. The van der Waals surface area contributed by atoms with Gasteiger partial charge in [-0.25, -0.2) is 0 Å². The Bertz CT molecular complexity index is 3420. The van der Waals surface area contributed by atoms with Crippen LogP contribution in [0.2, 0.25) is 0 Å². The van der Waals surface area contributed by atoms with E-state index in [2.05, 4.69) is 210 Å². The van der Waals surface area contributed by atoms with Gasteiger partial charge < -0.3 is 9.47 Å². The average molecular weight is 801 g/mol. The third-order valence-corrected chi connectivity index (χ3v) is 14.4. The van der Waals surface area contributed by atoms with Crippen LogP contribution in [0.25, 0.3) is 80.7 Å². The maximum absolute atomic E-state index is 2.55. The molecule has 0 aliphatic heterocycles. The molecule has 11 aromatic rings. The van der Waals surface area contributed by atoms with Crippen LogP contribution in [0.4, 0.5) is 17.1 Å². The number of thiophene rings is 1. The van der Waals surface area contributed by atoms with Crippen LogP contribution >= 0.6 is 11.3 Å². The van der Waals surface area contributed by atoms with Crippen LogP contribution in [0.5, 0.6) is 0 Å². The van der Waals surface area contributed by atoms with Crippen LogP contribution in [0.3, 0.4) is 0 Å². The molecule has 12 rings (SSSR count). The van der Waals surface area contributed by atoms with Gasteiger partial charge in [-0.1, -0.05) is 165 Å². The smallest absolute Gasteiger partial charge is 0.0542 e. The summed E-state index contributed by atoms with van der Waals surface area (Å²) in [5.74, 6) is 0.578. The van der Waals surface area contributed by atoms with Gasteiger partial charge in [0.2, 0.25) is 0 Å². The molecule has 0 spiro atoms. The second-order valence-corrected chi connectivity index (χ2v) is 17.7. The van der Waals surface area contributed by atoms with Crippen molar-refractivity contribution < 1.29 is 0 Å². The zero-order valence-corrected chi connectivity index (χ0v) is 34.8. The number of para-hydroxylation sites is 4. The van der Waals surface area contributed by atoms with Gasteiger partial charge in [0.05, 0.1) is 22.4 Å². The van der Waals surface area contributed by atoms with Crippen molar-refractivity contribution in [1.29, 1.82) is 0 Å². The fraction of sp³-hybridized carbons (Fsp3) is 0.103. The largest absolute Gasteiger partial charge is 0.309 e. The van der Waals surface area contributed by atoms with Crippen molar-refractivity contribution in [2.75, 3.05) is 4.90 Å². The first-order valence-electron chi connectivity index (χ1n) is 21.8. The number of anilines is 3. The van der Waals surface area contributed by atoms with E-state index in [0.717, 1.165) is 22.7 Å². The highest BCUT2D eigenvalue weighted by Gasteiger charge is 2.25. The Labute approximate surface area is 360 Å².